The highest BCUT2D eigenvalue weighted by Crippen LogP contribution is 2.45. The van der Waals surface area contributed by atoms with Crippen molar-refractivity contribution in [3.05, 3.63) is 46.8 Å². The molecule has 5 nitrogen and oxygen atoms in total. The average molecular weight is 324 g/mol. The molecule has 0 aliphatic carbocycles. The molecule has 3 heterocycles. The van der Waals surface area contributed by atoms with Crippen molar-refractivity contribution in [3.8, 4) is 0 Å². The number of rotatable bonds is 3. The second-order valence-electron chi connectivity index (χ2n) is 5.45. The van der Waals surface area contributed by atoms with E-state index < -0.39 is 29.5 Å². The predicted octanol–water partition coefficient (Wildman–Crippen LogP) is 1.85. The van der Waals surface area contributed by atoms with Crippen molar-refractivity contribution >= 4 is 23.4 Å². The van der Waals surface area contributed by atoms with Gasteiger partial charge in [0.2, 0.25) is 0 Å². The third-order valence-corrected chi connectivity index (χ3v) is 4.62. The minimum absolute atomic E-state index is 0.110. The van der Waals surface area contributed by atoms with Gasteiger partial charge in [-0.1, -0.05) is 29.8 Å². The molecule has 3 aliphatic rings. The largest absolute Gasteiger partial charge is 0.365 e. The summed E-state index contributed by atoms with van der Waals surface area (Å²) in [6.07, 6.45) is 2.82. The Morgan fingerprint density at radius 3 is 2.41 bits per heavy atom. The summed E-state index contributed by atoms with van der Waals surface area (Å²) in [4.78, 5) is 29.9. The lowest BCUT2D eigenvalue weighted by Crippen LogP contribution is -2.34. The summed E-state index contributed by atoms with van der Waals surface area (Å²) in [6, 6.07) is 4.23. The van der Waals surface area contributed by atoms with Gasteiger partial charge in [-0.3, -0.25) is 14.4 Å². The molecule has 0 aromatic heterocycles. The number of halogens is 2. The Balaban J connectivity index is 1.53. The highest BCUT2D eigenvalue weighted by atomic mass is 35.5. The second kappa shape index (κ2) is 4.87. The van der Waals surface area contributed by atoms with Crippen LogP contribution in [0.1, 0.15) is 5.56 Å². The van der Waals surface area contributed by atoms with Gasteiger partial charge in [-0.15, -0.1) is 0 Å². The first kappa shape index (κ1) is 13.9. The van der Waals surface area contributed by atoms with E-state index in [0.29, 0.717) is 0 Å². The summed E-state index contributed by atoms with van der Waals surface area (Å²) in [5.74, 6) is -2.52. The van der Waals surface area contributed by atoms with Crippen LogP contribution in [0.15, 0.2) is 30.4 Å². The van der Waals surface area contributed by atoms with Gasteiger partial charge in [0.15, 0.2) is 0 Å². The van der Waals surface area contributed by atoms with Gasteiger partial charge in [0.05, 0.1) is 24.0 Å². The summed E-state index contributed by atoms with van der Waals surface area (Å²) >= 11 is 5.90. The van der Waals surface area contributed by atoms with Gasteiger partial charge in [-0.2, -0.15) is 5.06 Å². The predicted molar refractivity (Wildman–Crippen MR) is 72.8 cm³/mol. The van der Waals surface area contributed by atoms with Crippen LogP contribution >= 0.6 is 11.6 Å². The number of amides is 2. The first-order valence-electron chi connectivity index (χ1n) is 6.85. The van der Waals surface area contributed by atoms with Crippen molar-refractivity contribution in [2.75, 3.05) is 0 Å². The third-order valence-electron chi connectivity index (χ3n) is 4.27. The van der Waals surface area contributed by atoms with Crippen molar-refractivity contribution in [1.29, 1.82) is 0 Å². The van der Waals surface area contributed by atoms with Crippen molar-refractivity contribution in [3.63, 3.8) is 0 Å². The smallest absolute Gasteiger partial charge is 0.260 e. The van der Waals surface area contributed by atoms with Crippen LogP contribution in [0.25, 0.3) is 0 Å². The number of carbonyl (C=O) groups is 2. The molecule has 0 radical (unpaired) electrons. The zero-order valence-corrected chi connectivity index (χ0v) is 12.0. The molecule has 0 saturated carbocycles. The summed E-state index contributed by atoms with van der Waals surface area (Å²) < 4.78 is 19.2. The van der Waals surface area contributed by atoms with Gasteiger partial charge in [-0.05, 0) is 12.1 Å². The van der Waals surface area contributed by atoms with E-state index in [9.17, 15) is 14.0 Å². The van der Waals surface area contributed by atoms with E-state index in [-0.39, 0.29) is 29.4 Å². The Morgan fingerprint density at radius 2 is 1.82 bits per heavy atom. The molecule has 2 saturated heterocycles. The van der Waals surface area contributed by atoms with E-state index in [1.807, 2.05) is 0 Å². The SMILES string of the molecule is O=C1[C@@H]2[C@@H](C(=O)N1OCc1c(F)cccc1Cl)[C@H]1C=C[C@@H]2O1. The van der Waals surface area contributed by atoms with Gasteiger partial charge < -0.3 is 4.74 Å². The molecule has 2 amide bonds. The molecule has 4 rings (SSSR count). The van der Waals surface area contributed by atoms with Gasteiger partial charge in [0.1, 0.15) is 12.4 Å². The highest BCUT2D eigenvalue weighted by Gasteiger charge is 2.61. The number of hydrogen-bond donors (Lipinski definition) is 0. The zero-order chi connectivity index (χ0) is 15.4. The van der Waals surface area contributed by atoms with Crippen molar-refractivity contribution < 1.29 is 23.6 Å². The standard InChI is InChI=1S/C15H11ClFNO4/c16-8-2-1-3-9(17)7(8)6-21-18-14(19)12-10-4-5-11(22-10)13(12)15(18)20/h1-5,10-13H,6H2/t10-,11+,12-,13-/m0/s1. The van der Waals surface area contributed by atoms with Crippen LogP contribution in [0, 0.1) is 17.7 Å². The number of nitrogens with zero attached hydrogens (tertiary/aromatic N) is 1. The topological polar surface area (TPSA) is 55.8 Å². The van der Waals surface area contributed by atoms with Crippen molar-refractivity contribution in [1.82, 2.24) is 5.06 Å². The lowest BCUT2D eigenvalue weighted by Gasteiger charge is -2.17. The molecule has 114 valence electrons. The van der Waals surface area contributed by atoms with Crippen LogP contribution in [0.4, 0.5) is 4.39 Å². The average Bonchev–Trinajstić information content (AvgIpc) is 3.15. The number of hydrogen-bond acceptors (Lipinski definition) is 4. The molecule has 1 aromatic carbocycles. The minimum atomic E-state index is -0.545. The fourth-order valence-electron chi connectivity index (χ4n) is 3.20. The maximum atomic E-state index is 13.7. The Hall–Kier alpha value is -1.76. The Kier molecular flexibility index (Phi) is 3.07. The van der Waals surface area contributed by atoms with Crippen LogP contribution in [0.3, 0.4) is 0 Å². The third kappa shape index (κ3) is 1.84. The van der Waals surface area contributed by atoms with Crippen LogP contribution in [0.5, 0.6) is 0 Å². The molecular weight excluding hydrogens is 313 g/mol. The zero-order valence-electron chi connectivity index (χ0n) is 11.2. The van der Waals surface area contributed by atoms with E-state index in [1.165, 1.54) is 18.2 Å². The highest BCUT2D eigenvalue weighted by molar-refractivity contribution is 6.31. The molecule has 0 unspecified atom stereocenters. The number of carbonyl (C=O) groups excluding carboxylic acids is 2. The molecular formula is C15H11ClFNO4. The lowest BCUT2D eigenvalue weighted by atomic mass is 9.85. The van der Waals surface area contributed by atoms with E-state index in [1.54, 1.807) is 12.2 Å². The number of hydroxylamine groups is 2. The molecule has 22 heavy (non-hydrogen) atoms. The van der Waals surface area contributed by atoms with E-state index in [0.717, 1.165) is 5.06 Å². The minimum Gasteiger partial charge on any atom is -0.365 e. The first-order chi connectivity index (χ1) is 10.6. The molecule has 2 bridgehead atoms. The number of benzene rings is 1. The number of fused-ring (bicyclic) bond motifs is 5. The Bertz CT molecular complexity index is 657. The summed E-state index contributed by atoms with van der Waals surface area (Å²) in [5, 5.41) is 0.914. The van der Waals surface area contributed by atoms with Gasteiger partial charge in [0, 0.05) is 10.6 Å². The Morgan fingerprint density at radius 1 is 1.18 bits per heavy atom. The molecule has 2 fully saturated rings. The molecule has 7 heteroatoms. The van der Waals surface area contributed by atoms with Gasteiger partial charge >= 0.3 is 0 Å². The summed E-state index contributed by atoms with van der Waals surface area (Å²) in [5.41, 5.74) is 0.110. The molecule has 0 N–H and O–H groups in total. The summed E-state index contributed by atoms with van der Waals surface area (Å²) in [6.45, 7) is -0.286. The van der Waals surface area contributed by atoms with E-state index in [4.69, 9.17) is 21.2 Å². The van der Waals surface area contributed by atoms with Gasteiger partial charge in [-0.25, -0.2) is 4.39 Å². The van der Waals surface area contributed by atoms with Crippen LogP contribution in [-0.2, 0) is 25.8 Å². The molecule has 1 aromatic rings. The Labute approximate surface area is 130 Å². The lowest BCUT2D eigenvalue weighted by molar-refractivity contribution is -0.195. The monoisotopic (exact) mass is 323 g/mol. The van der Waals surface area contributed by atoms with Crippen LogP contribution in [-0.4, -0.2) is 29.1 Å². The fraction of sp³-hybridized carbons (Fsp3) is 0.333. The quantitative estimate of drug-likeness (QED) is 0.629. The van der Waals surface area contributed by atoms with Crippen molar-refractivity contribution in [2.45, 2.75) is 18.8 Å². The van der Waals surface area contributed by atoms with E-state index in [2.05, 4.69) is 0 Å². The number of ether oxygens (including phenoxy) is 1. The summed E-state index contributed by atoms with van der Waals surface area (Å²) in [7, 11) is 0. The van der Waals surface area contributed by atoms with E-state index >= 15 is 0 Å². The molecule has 4 atom stereocenters. The maximum absolute atomic E-state index is 13.7. The van der Waals surface area contributed by atoms with Crippen LogP contribution < -0.4 is 0 Å². The first-order valence-corrected chi connectivity index (χ1v) is 7.23. The maximum Gasteiger partial charge on any atom is 0.260 e. The molecule has 3 aliphatic heterocycles. The fourth-order valence-corrected chi connectivity index (χ4v) is 3.42. The number of imide groups is 1. The second-order valence-corrected chi connectivity index (χ2v) is 5.85. The van der Waals surface area contributed by atoms with Crippen LogP contribution in [0.2, 0.25) is 5.02 Å². The van der Waals surface area contributed by atoms with Crippen molar-refractivity contribution in [2.24, 2.45) is 11.8 Å². The normalized spacial score (nSPS) is 32.2. The molecule has 0 spiro atoms. The van der Waals surface area contributed by atoms with Gasteiger partial charge in [0.25, 0.3) is 11.8 Å².